The molecule has 0 saturated heterocycles. The average molecular weight is 259 g/mol. The monoisotopic (exact) mass is 259 g/mol. The van der Waals surface area contributed by atoms with E-state index < -0.39 is 17.9 Å². The van der Waals surface area contributed by atoms with Crippen molar-refractivity contribution in [2.45, 2.75) is 25.7 Å². The molecule has 0 saturated carbocycles. The van der Waals surface area contributed by atoms with Gasteiger partial charge in [-0.25, -0.2) is 8.78 Å². The number of benzene rings is 1. The predicted molar refractivity (Wildman–Crippen MR) is 65.3 cm³/mol. The van der Waals surface area contributed by atoms with E-state index in [1.165, 1.54) is 6.07 Å². The molecule has 102 valence electrons. The summed E-state index contributed by atoms with van der Waals surface area (Å²) < 4.78 is 36.3. The van der Waals surface area contributed by atoms with Gasteiger partial charge in [-0.05, 0) is 30.7 Å². The lowest BCUT2D eigenvalue weighted by Crippen LogP contribution is -2.43. The Hall–Kier alpha value is -1.04. The molecular formula is C13H19F2NO2. The van der Waals surface area contributed by atoms with Crippen LogP contribution in [0.3, 0.4) is 0 Å². The van der Waals surface area contributed by atoms with E-state index in [2.05, 4.69) is 5.32 Å². The van der Waals surface area contributed by atoms with E-state index in [-0.39, 0.29) is 6.04 Å². The second-order valence-corrected chi connectivity index (χ2v) is 3.96. The van der Waals surface area contributed by atoms with Crippen molar-refractivity contribution in [1.29, 1.82) is 0 Å². The summed E-state index contributed by atoms with van der Waals surface area (Å²) in [6, 6.07) is 3.77. The molecule has 1 aromatic rings. The average Bonchev–Trinajstić information content (AvgIpc) is 2.35. The minimum absolute atomic E-state index is 0.116. The van der Waals surface area contributed by atoms with Crippen molar-refractivity contribution in [3.8, 4) is 0 Å². The van der Waals surface area contributed by atoms with Gasteiger partial charge in [0.25, 0.3) is 0 Å². The van der Waals surface area contributed by atoms with Gasteiger partial charge in [0.2, 0.25) is 0 Å². The van der Waals surface area contributed by atoms with Crippen LogP contribution < -0.4 is 5.32 Å². The van der Waals surface area contributed by atoms with Gasteiger partial charge >= 0.3 is 0 Å². The van der Waals surface area contributed by atoms with E-state index >= 15 is 0 Å². The van der Waals surface area contributed by atoms with Gasteiger partial charge in [0.1, 0.15) is 0 Å². The Kier molecular flexibility index (Phi) is 6.18. The van der Waals surface area contributed by atoms with Crippen LogP contribution in [0.2, 0.25) is 0 Å². The molecule has 1 rings (SSSR count). The highest BCUT2D eigenvalue weighted by Gasteiger charge is 2.20. The van der Waals surface area contributed by atoms with E-state index in [0.717, 1.165) is 12.6 Å². The van der Waals surface area contributed by atoms with Crippen molar-refractivity contribution < 1.29 is 18.3 Å². The lowest BCUT2D eigenvalue weighted by atomic mass is 10.0. The van der Waals surface area contributed by atoms with E-state index in [4.69, 9.17) is 9.47 Å². The van der Waals surface area contributed by atoms with E-state index in [0.29, 0.717) is 12.0 Å². The first-order valence-electron chi connectivity index (χ1n) is 5.85. The normalized spacial score (nSPS) is 13.0. The fourth-order valence-corrected chi connectivity index (χ4v) is 1.87. The van der Waals surface area contributed by atoms with E-state index in [1.54, 1.807) is 20.3 Å². The van der Waals surface area contributed by atoms with Gasteiger partial charge in [-0.1, -0.05) is 13.0 Å². The zero-order chi connectivity index (χ0) is 13.5. The summed E-state index contributed by atoms with van der Waals surface area (Å²) in [6.07, 6.45) is 0.0651. The van der Waals surface area contributed by atoms with Gasteiger partial charge in [-0.15, -0.1) is 0 Å². The summed E-state index contributed by atoms with van der Waals surface area (Å²) in [5.74, 6) is -1.68. The molecule has 0 fully saturated rings. The minimum Gasteiger partial charge on any atom is -0.354 e. The van der Waals surface area contributed by atoms with Gasteiger partial charge in [0, 0.05) is 14.2 Å². The molecule has 0 bridgehead atoms. The highest BCUT2D eigenvalue weighted by atomic mass is 19.2. The number of hydrogen-bond donors (Lipinski definition) is 1. The van der Waals surface area contributed by atoms with Gasteiger partial charge in [-0.2, -0.15) is 0 Å². The lowest BCUT2D eigenvalue weighted by molar-refractivity contribution is -0.122. The van der Waals surface area contributed by atoms with E-state index in [1.807, 2.05) is 6.92 Å². The number of nitrogens with one attached hydrogen (secondary N) is 1. The molecule has 1 atom stereocenters. The summed E-state index contributed by atoms with van der Waals surface area (Å²) in [6.45, 7) is 2.69. The van der Waals surface area contributed by atoms with Crippen LogP contribution in [0.1, 0.15) is 12.5 Å². The first-order chi connectivity index (χ1) is 8.62. The number of likely N-dealkylation sites (N-methyl/N-ethyl adjacent to an activating group) is 1. The number of hydrogen-bond acceptors (Lipinski definition) is 3. The summed E-state index contributed by atoms with van der Waals surface area (Å²) in [5, 5.41) is 3.20. The van der Waals surface area contributed by atoms with Crippen LogP contribution in [0.15, 0.2) is 18.2 Å². The summed E-state index contributed by atoms with van der Waals surface area (Å²) in [4.78, 5) is 0. The Balaban J connectivity index is 2.78. The quantitative estimate of drug-likeness (QED) is 0.761. The molecule has 3 nitrogen and oxygen atoms in total. The van der Waals surface area contributed by atoms with Crippen molar-refractivity contribution in [2.75, 3.05) is 20.8 Å². The molecule has 5 heteroatoms. The fourth-order valence-electron chi connectivity index (χ4n) is 1.87. The minimum atomic E-state index is -0.839. The van der Waals surface area contributed by atoms with Crippen molar-refractivity contribution in [1.82, 2.24) is 5.32 Å². The van der Waals surface area contributed by atoms with Crippen molar-refractivity contribution in [3.63, 3.8) is 0 Å². The summed E-state index contributed by atoms with van der Waals surface area (Å²) >= 11 is 0. The molecule has 1 aromatic carbocycles. The fraction of sp³-hybridized carbons (Fsp3) is 0.538. The zero-order valence-corrected chi connectivity index (χ0v) is 10.9. The third-order valence-electron chi connectivity index (χ3n) is 2.70. The van der Waals surface area contributed by atoms with Crippen LogP contribution in [-0.4, -0.2) is 33.1 Å². The molecule has 0 aliphatic carbocycles. The Labute approximate surface area is 106 Å². The highest BCUT2D eigenvalue weighted by molar-refractivity contribution is 5.19. The third-order valence-corrected chi connectivity index (χ3v) is 2.70. The van der Waals surface area contributed by atoms with Gasteiger partial charge in [0.15, 0.2) is 17.9 Å². The molecule has 0 aromatic heterocycles. The molecular weight excluding hydrogens is 240 g/mol. The smallest absolute Gasteiger partial charge is 0.172 e. The maximum atomic E-state index is 13.1. The maximum absolute atomic E-state index is 13.1. The van der Waals surface area contributed by atoms with Crippen LogP contribution in [0, 0.1) is 11.6 Å². The van der Waals surface area contributed by atoms with Crippen LogP contribution in [0.5, 0.6) is 0 Å². The molecule has 0 aliphatic heterocycles. The van der Waals surface area contributed by atoms with Gasteiger partial charge in [0.05, 0.1) is 6.04 Å². The second kappa shape index (κ2) is 7.41. The molecule has 18 heavy (non-hydrogen) atoms. The molecule has 0 heterocycles. The third kappa shape index (κ3) is 4.01. The number of ether oxygens (including phenoxy) is 2. The van der Waals surface area contributed by atoms with Crippen molar-refractivity contribution in [2.24, 2.45) is 0 Å². The predicted octanol–water partition coefficient (Wildman–Crippen LogP) is 2.10. The van der Waals surface area contributed by atoms with Crippen molar-refractivity contribution >= 4 is 0 Å². The molecule has 0 spiro atoms. The Morgan fingerprint density at radius 2 is 1.83 bits per heavy atom. The Morgan fingerprint density at radius 1 is 1.17 bits per heavy atom. The summed E-state index contributed by atoms with van der Waals surface area (Å²) in [5.41, 5.74) is 0.693. The largest absolute Gasteiger partial charge is 0.354 e. The van der Waals surface area contributed by atoms with Crippen LogP contribution in [0.25, 0.3) is 0 Å². The zero-order valence-electron chi connectivity index (χ0n) is 10.9. The van der Waals surface area contributed by atoms with E-state index in [9.17, 15) is 8.78 Å². The van der Waals surface area contributed by atoms with Crippen LogP contribution >= 0.6 is 0 Å². The highest BCUT2D eigenvalue weighted by Crippen LogP contribution is 2.13. The molecule has 1 N–H and O–H groups in total. The molecule has 0 aliphatic rings. The Morgan fingerprint density at radius 3 is 2.33 bits per heavy atom. The first kappa shape index (κ1) is 15.0. The Bertz CT molecular complexity index is 370. The maximum Gasteiger partial charge on any atom is 0.172 e. The summed E-state index contributed by atoms with van der Waals surface area (Å²) in [7, 11) is 3.09. The van der Waals surface area contributed by atoms with Crippen molar-refractivity contribution in [3.05, 3.63) is 35.4 Å². The molecule has 0 radical (unpaired) electrons. The first-order valence-corrected chi connectivity index (χ1v) is 5.85. The van der Waals surface area contributed by atoms with Gasteiger partial charge < -0.3 is 14.8 Å². The number of methoxy groups -OCH3 is 2. The standard InChI is InChI=1S/C13H19F2NO2/c1-4-16-12(13(17-2)18-3)8-9-5-6-10(14)11(15)7-9/h5-7,12-13,16H,4,8H2,1-3H3. The van der Waals surface area contributed by atoms with Crippen LogP contribution in [-0.2, 0) is 15.9 Å². The topological polar surface area (TPSA) is 30.5 Å². The van der Waals surface area contributed by atoms with Crippen LogP contribution in [0.4, 0.5) is 8.78 Å². The lowest BCUT2D eigenvalue weighted by Gasteiger charge is -2.25. The molecule has 1 unspecified atom stereocenters. The molecule has 0 amide bonds. The van der Waals surface area contributed by atoms with Gasteiger partial charge in [-0.3, -0.25) is 0 Å². The SMILES string of the molecule is CCNC(Cc1ccc(F)c(F)c1)C(OC)OC. The second-order valence-electron chi connectivity index (χ2n) is 3.96. The number of rotatable bonds is 7. The number of halogens is 2.